The van der Waals surface area contributed by atoms with E-state index >= 15 is 0 Å². The number of fused-ring (bicyclic) bond motifs is 3. The fraction of sp³-hybridized carbons (Fsp3) is 0.655. The number of nitrogens with zero attached hydrogens (tertiary/aromatic N) is 1. The van der Waals surface area contributed by atoms with E-state index in [9.17, 15) is 14.7 Å². The lowest BCUT2D eigenvalue weighted by atomic mass is 9.41. The highest BCUT2D eigenvalue weighted by Gasteiger charge is 2.59. The zero-order valence-electron chi connectivity index (χ0n) is 21.5. The van der Waals surface area contributed by atoms with Crippen LogP contribution < -0.4 is 0 Å². The summed E-state index contributed by atoms with van der Waals surface area (Å²) in [6.07, 6.45) is 18.8. The SMILES string of the molecule is CC1=C(O)C(=O)/C=C/[C@]2(C)CC[C@@]3(C)C[C@](C)(CCC(C)(C)N=C=O)CC[C@]3(C)/C2=C\C=C1. The molecule has 180 valence electrons. The number of aliphatic imine (C=N–C) groups is 1. The van der Waals surface area contributed by atoms with Gasteiger partial charge in [-0.05, 0) is 93.6 Å². The van der Waals surface area contributed by atoms with Gasteiger partial charge in [-0.1, -0.05) is 57.6 Å². The molecule has 0 aromatic rings. The Morgan fingerprint density at radius 2 is 1.79 bits per heavy atom. The number of isocyanates is 1. The second-order valence-electron chi connectivity index (χ2n) is 12.5. The second kappa shape index (κ2) is 8.55. The molecular formula is C29H41NO3. The van der Waals surface area contributed by atoms with Crippen LogP contribution in [0, 0.1) is 21.7 Å². The second-order valence-corrected chi connectivity index (χ2v) is 12.5. The van der Waals surface area contributed by atoms with Crippen molar-refractivity contribution in [1.29, 1.82) is 0 Å². The van der Waals surface area contributed by atoms with Gasteiger partial charge in [0.05, 0.1) is 5.54 Å². The number of hydrogen-bond acceptors (Lipinski definition) is 4. The predicted molar refractivity (Wildman–Crippen MR) is 134 cm³/mol. The van der Waals surface area contributed by atoms with Crippen LogP contribution in [0.15, 0.2) is 52.3 Å². The molecule has 0 amide bonds. The molecule has 0 aromatic heterocycles. The summed E-state index contributed by atoms with van der Waals surface area (Å²) in [6, 6.07) is 0. The van der Waals surface area contributed by atoms with Crippen LogP contribution in [-0.2, 0) is 9.59 Å². The molecule has 0 bridgehead atoms. The van der Waals surface area contributed by atoms with E-state index in [0.29, 0.717) is 5.57 Å². The van der Waals surface area contributed by atoms with Crippen LogP contribution in [0.3, 0.4) is 0 Å². The van der Waals surface area contributed by atoms with Crippen molar-refractivity contribution in [1.82, 2.24) is 0 Å². The fourth-order valence-corrected chi connectivity index (χ4v) is 6.65. The molecule has 33 heavy (non-hydrogen) atoms. The average molecular weight is 452 g/mol. The molecule has 4 heteroatoms. The zero-order valence-corrected chi connectivity index (χ0v) is 21.5. The number of rotatable bonds is 4. The molecule has 2 fully saturated rings. The van der Waals surface area contributed by atoms with Gasteiger partial charge >= 0.3 is 0 Å². The Hall–Kier alpha value is -2.19. The highest BCUT2D eigenvalue weighted by Crippen LogP contribution is 2.69. The normalized spacial score (nSPS) is 39.6. The van der Waals surface area contributed by atoms with Gasteiger partial charge in [-0.3, -0.25) is 4.79 Å². The van der Waals surface area contributed by atoms with Crippen LogP contribution in [0.4, 0.5) is 0 Å². The lowest BCUT2D eigenvalue weighted by Crippen LogP contribution is -2.53. The summed E-state index contributed by atoms with van der Waals surface area (Å²) in [5, 5.41) is 10.2. The van der Waals surface area contributed by atoms with Gasteiger partial charge in [0.1, 0.15) is 0 Å². The molecule has 3 aliphatic rings. The van der Waals surface area contributed by atoms with Crippen LogP contribution in [0.5, 0.6) is 0 Å². The van der Waals surface area contributed by atoms with Crippen LogP contribution in [0.25, 0.3) is 0 Å². The summed E-state index contributed by atoms with van der Waals surface area (Å²) in [5.74, 6) is -0.500. The van der Waals surface area contributed by atoms with E-state index < -0.39 is 0 Å². The molecule has 2 saturated carbocycles. The van der Waals surface area contributed by atoms with Gasteiger partial charge in [-0.2, -0.15) is 4.99 Å². The monoisotopic (exact) mass is 451 g/mol. The van der Waals surface area contributed by atoms with E-state index in [1.165, 1.54) is 5.57 Å². The van der Waals surface area contributed by atoms with Gasteiger partial charge < -0.3 is 5.11 Å². The van der Waals surface area contributed by atoms with Gasteiger partial charge in [0.2, 0.25) is 11.9 Å². The largest absolute Gasteiger partial charge is 0.504 e. The predicted octanol–water partition coefficient (Wildman–Crippen LogP) is 7.34. The number of carbonyl (C=O) groups is 1. The Morgan fingerprint density at radius 3 is 2.45 bits per heavy atom. The van der Waals surface area contributed by atoms with Gasteiger partial charge in [-0.15, -0.1) is 0 Å². The zero-order chi connectivity index (χ0) is 24.7. The molecule has 0 unspecified atom stereocenters. The lowest BCUT2D eigenvalue weighted by molar-refractivity contribution is -0.113. The van der Waals surface area contributed by atoms with Crippen LogP contribution in [0.2, 0.25) is 0 Å². The summed E-state index contributed by atoms with van der Waals surface area (Å²) in [4.78, 5) is 27.3. The first kappa shape index (κ1) is 25.4. The van der Waals surface area contributed by atoms with Gasteiger partial charge in [-0.25, -0.2) is 4.79 Å². The standard InChI is InChI=1S/C29H41NO3/c1-21-9-8-10-23-27(5,12-11-22(32)24(21)33)16-17-28(6)19-26(4,15-18-29(23,28)7)14-13-25(2,3)30-20-31/h8-12,33H,13-19H2,1-7H3/b9-8?,12-11+,23-10-,24-21?/t26-,27-,28+,29-/m1/s1. The van der Waals surface area contributed by atoms with E-state index in [1.54, 1.807) is 19.1 Å². The topological polar surface area (TPSA) is 66.7 Å². The smallest absolute Gasteiger partial charge is 0.235 e. The molecule has 0 saturated heterocycles. The molecule has 3 rings (SSSR count). The minimum absolute atomic E-state index is 0.0204. The third-order valence-corrected chi connectivity index (χ3v) is 9.29. The number of allylic oxidation sites excluding steroid dienone is 7. The average Bonchev–Trinajstić information content (AvgIpc) is 2.74. The highest BCUT2D eigenvalue weighted by atomic mass is 16.3. The summed E-state index contributed by atoms with van der Waals surface area (Å²) in [7, 11) is 0. The third-order valence-electron chi connectivity index (χ3n) is 9.29. The Balaban J connectivity index is 1.97. The minimum Gasteiger partial charge on any atom is -0.504 e. The van der Waals surface area contributed by atoms with Crippen molar-refractivity contribution < 1.29 is 14.7 Å². The van der Waals surface area contributed by atoms with E-state index in [2.05, 4.69) is 38.8 Å². The minimum atomic E-state index is -0.366. The lowest BCUT2D eigenvalue weighted by Gasteiger charge is -2.63. The van der Waals surface area contributed by atoms with E-state index in [0.717, 1.165) is 44.9 Å². The summed E-state index contributed by atoms with van der Waals surface area (Å²) >= 11 is 0. The quantitative estimate of drug-likeness (QED) is 0.359. The van der Waals surface area contributed by atoms with Crippen molar-refractivity contribution in [2.24, 2.45) is 26.7 Å². The number of aliphatic hydroxyl groups is 1. The van der Waals surface area contributed by atoms with Crippen molar-refractivity contribution in [2.75, 3.05) is 0 Å². The van der Waals surface area contributed by atoms with E-state index in [1.807, 2.05) is 32.1 Å². The molecule has 0 aliphatic heterocycles. The fourth-order valence-electron chi connectivity index (χ4n) is 6.65. The first-order chi connectivity index (χ1) is 15.2. The molecular weight excluding hydrogens is 410 g/mol. The Labute approximate surface area is 199 Å². The van der Waals surface area contributed by atoms with Crippen molar-refractivity contribution in [2.45, 2.75) is 99.0 Å². The Morgan fingerprint density at radius 1 is 1.09 bits per heavy atom. The van der Waals surface area contributed by atoms with Crippen molar-refractivity contribution in [3.8, 4) is 0 Å². The van der Waals surface area contributed by atoms with E-state index in [-0.39, 0.29) is 38.7 Å². The van der Waals surface area contributed by atoms with Crippen molar-refractivity contribution in [3.05, 3.63) is 47.3 Å². The summed E-state index contributed by atoms with van der Waals surface area (Å²) < 4.78 is 0. The van der Waals surface area contributed by atoms with Gasteiger partial charge in [0.15, 0.2) is 5.76 Å². The molecule has 4 nitrogen and oxygen atoms in total. The van der Waals surface area contributed by atoms with Crippen molar-refractivity contribution in [3.63, 3.8) is 0 Å². The highest BCUT2D eigenvalue weighted by molar-refractivity contribution is 6.02. The summed E-state index contributed by atoms with van der Waals surface area (Å²) in [5.41, 5.74) is 1.78. The number of hydrogen-bond donors (Lipinski definition) is 1. The maximum atomic E-state index is 12.5. The maximum absolute atomic E-state index is 12.5. The van der Waals surface area contributed by atoms with E-state index in [4.69, 9.17) is 0 Å². The number of carbonyl (C=O) groups excluding carboxylic acids is 2. The van der Waals surface area contributed by atoms with Crippen LogP contribution in [0.1, 0.15) is 93.4 Å². The third kappa shape index (κ3) is 4.73. The molecule has 4 atom stereocenters. The molecule has 1 N–H and O–H groups in total. The van der Waals surface area contributed by atoms with Crippen LogP contribution in [-0.4, -0.2) is 22.5 Å². The molecule has 0 spiro atoms. The number of ketones is 1. The Kier molecular flexibility index (Phi) is 6.59. The molecule has 3 aliphatic carbocycles. The Bertz CT molecular complexity index is 992. The van der Waals surface area contributed by atoms with Crippen LogP contribution >= 0.6 is 0 Å². The maximum Gasteiger partial charge on any atom is 0.235 e. The molecule has 0 radical (unpaired) electrons. The van der Waals surface area contributed by atoms with Crippen molar-refractivity contribution >= 4 is 11.9 Å². The molecule has 0 aromatic carbocycles. The number of aliphatic hydroxyl groups excluding tert-OH is 1. The molecule has 0 heterocycles. The van der Waals surface area contributed by atoms with Gasteiger partial charge in [0, 0.05) is 5.41 Å². The van der Waals surface area contributed by atoms with Gasteiger partial charge in [0.25, 0.3) is 0 Å². The summed E-state index contributed by atoms with van der Waals surface area (Å²) in [6.45, 7) is 15.3. The first-order valence-electron chi connectivity index (χ1n) is 12.3. The first-order valence-corrected chi connectivity index (χ1v) is 12.3.